The van der Waals surface area contributed by atoms with Gasteiger partial charge in [-0.1, -0.05) is 0 Å². The Bertz CT molecular complexity index is 92.2. The van der Waals surface area contributed by atoms with E-state index >= 15 is 0 Å². The predicted molar refractivity (Wildman–Crippen MR) is 34.5 cm³/mol. The van der Waals surface area contributed by atoms with E-state index in [0.717, 1.165) is 13.2 Å². The fraction of sp³-hybridized carbons (Fsp3) is 1.00. The van der Waals surface area contributed by atoms with Crippen LogP contribution in [0.1, 0.15) is 6.92 Å². The second-order valence-electron chi connectivity index (χ2n) is 2.56. The van der Waals surface area contributed by atoms with Crippen LogP contribution in [-0.4, -0.2) is 25.4 Å². The maximum absolute atomic E-state index is 5.20. The van der Waals surface area contributed by atoms with Gasteiger partial charge in [-0.05, 0) is 6.92 Å². The largest absolute Gasteiger partial charge is 0.377 e. The molecule has 54 valence electrons. The summed E-state index contributed by atoms with van der Waals surface area (Å²) in [4.78, 5) is 0. The molecule has 9 heavy (non-hydrogen) atoms. The minimum atomic E-state index is 0.110. The molecule has 1 rings (SSSR count). The Hall–Kier alpha value is -0.160. The highest BCUT2D eigenvalue weighted by Gasteiger charge is 2.32. The lowest BCUT2D eigenvalue weighted by molar-refractivity contribution is -0.0707. The summed E-state index contributed by atoms with van der Waals surface area (Å²) in [5.74, 6) is 0. The van der Waals surface area contributed by atoms with Crippen LogP contribution in [0, 0.1) is 0 Å². The van der Waals surface area contributed by atoms with Gasteiger partial charge in [-0.3, -0.25) is 0 Å². The van der Waals surface area contributed by atoms with Gasteiger partial charge in [-0.2, -0.15) is 0 Å². The number of nitrogens with one attached hydrogen (secondary N) is 2. The van der Waals surface area contributed by atoms with E-state index in [1.54, 1.807) is 0 Å². The van der Waals surface area contributed by atoms with Gasteiger partial charge < -0.3 is 10.5 Å². The number of nitrogens with two attached hydrogens (primary N) is 1. The van der Waals surface area contributed by atoms with Crippen molar-refractivity contribution in [1.82, 2.24) is 10.9 Å². The van der Waals surface area contributed by atoms with Crippen molar-refractivity contribution >= 4 is 0 Å². The van der Waals surface area contributed by atoms with Gasteiger partial charge in [0.25, 0.3) is 0 Å². The SMILES string of the molecule is CC1(NNCN)COC1. The molecule has 4 heteroatoms. The average Bonchev–Trinajstić information content (AvgIpc) is 1.79. The van der Waals surface area contributed by atoms with Crippen LogP contribution in [0.3, 0.4) is 0 Å². The summed E-state index contributed by atoms with van der Waals surface area (Å²) in [7, 11) is 0. The zero-order chi connectivity index (χ0) is 6.74. The maximum atomic E-state index is 5.20. The molecule has 1 aliphatic rings. The van der Waals surface area contributed by atoms with Gasteiger partial charge in [0.15, 0.2) is 0 Å². The smallest absolute Gasteiger partial charge is 0.0761 e. The van der Waals surface area contributed by atoms with E-state index in [4.69, 9.17) is 10.5 Å². The van der Waals surface area contributed by atoms with Crippen molar-refractivity contribution in [2.24, 2.45) is 5.73 Å². The third kappa shape index (κ3) is 1.62. The number of ether oxygens (including phenoxy) is 1. The van der Waals surface area contributed by atoms with Crippen molar-refractivity contribution in [2.45, 2.75) is 12.5 Å². The van der Waals surface area contributed by atoms with E-state index in [1.807, 2.05) is 0 Å². The molecule has 0 atom stereocenters. The van der Waals surface area contributed by atoms with Crippen LogP contribution in [0.15, 0.2) is 0 Å². The molecule has 0 amide bonds. The highest BCUT2D eigenvalue weighted by Crippen LogP contribution is 2.13. The second-order valence-corrected chi connectivity index (χ2v) is 2.56. The van der Waals surface area contributed by atoms with Gasteiger partial charge in [-0.25, -0.2) is 10.9 Å². The van der Waals surface area contributed by atoms with Crippen LogP contribution < -0.4 is 16.6 Å². The van der Waals surface area contributed by atoms with E-state index in [1.165, 1.54) is 0 Å². The molecule has 0 aliphatic carbocycles. The lowest BCUT2D eigenvalue weighted by Gasteiger charge is -2.38. The van der Waals surface area contributed by atoms with E-state index < -0.39 is 0 Å². The molecule has 0 aromatic carbocycles. The Morgan fingerprint density at radius 1 is 1.67 bits per heavy atom. The topological polar surface area (TPSA) is 59.3 Å². The number of hydrogen-bond acceptors (Lipinski definition) is 4. The normalized spacial score (nSPS) is 23.3. The Morgan fingerprint density at radius 3 is 2.67 bits per heavy atom. The fourth-order valence-electron chi connectivity index (χ4n) is 0.745. The summed E-state index contributed by atoms with van der Waals surface area (Å²) in [6.45, 7) is 4.06. The maximum Gasteiger partial charge on any atom is 0.0761 e. The average molecular weight is 131 g/mol. The Kier molecular flexibility index (Phi) is 2.02. The van der Waals surface area contributed by atoms with Gasteiger partial charge in [0.1, 0.15) is 0 Å². The molecular weight excluding hydrogens is 118 g/mol. The van der Waals surface area contributed by atoms with E-state index in [-0.39, 0.29) is 5.54 Å². The zero-order valence-corrected chi connectivity index (χ0v) is 5.61. The molecule has 1 heterocycles. The van der Waals surface area contributed by atoms with Crippen LogP contribution in [0.4, 0.5) is 0 Å². The second kappa shape index (κ2) is 2.62. The molecule has 0 spiro atoms. The Balaban J connectivity index is 2.09. The Labute approximate surface area is 54.7 Å². The van der Waals surface area contributed by atoms with Crippen LogP contribution in [-0.2, 0) is 4.74 Å². The van der Waals surface area contributed by atoms with Gasteiger partial charge in [0.2, 0.25) is 0 Å². The monoisotopic (exact) mass is 131 g/mol. The molecule has 0 aromatic heterocycles. The van der Waals surface area contributed by atoms with Crippen molar-refractivity contribution in [3.05, 3.63) is 0 Å². The molecule has 0 aromatic rings. The predicted octanol–water partition coefficient (Wildman–Crippen LogP) is -1.21. The van der Waals surface area contributed by atoms with Gasteiger partial charge in [0, 0.05) is 0 Å². The molecule has 0 bridgehead atoms. The van der Waals surface area contributed by atoms with Gasteiger partial charge in [-0.15, -0.1) is 0 Å². The third-order valence-corrected chi connectivity index (χ3v) is 1.33. The lowest BCUT2D eigenvalue weighted by Crippen LogP contribution is -2.63. The van der Waals surface area contributed by atoms with Crippen LogP contribution >= 0.6 is 0 Å². The van der Waals surface area contributed by atoms with Crippen molar-refractivity contribution in [3.8, 4) is 0 Å². The van der Waals surface area contributed by atoms with E-state index in [2.05, 4.69) is 17.8 Å². The standard InChI is InChI=1S/C5H13N3O/c1-5(2-9-3-5)8-7-4-6/h7-8H,2-4,6H2,1H3. The summed E-state index contributed by atoms with van der Waals surface area (Å²) in [6, 6.07) is 0. The highest BCUT2D eigenvalue weighted by atomic mass is 16.5. The molecular formula is C5H13N3O. The first kappa shape index (κ1) is 6.95. The molecule has 0 unspecified atom stereocenters. The lowest BCUT2D eigenvalue weighted by atomic mass is 10.0. The summed E-state index contributed by atoms with van der Waals surface area (Å²) in [5, 5.41) is 0. The van der Waals surface area contributed by atoms with Gasteiger partial charge >= 0.3 is 0 Å². The first-order valence-corrected chi connectivity index (χ1v) is 3.05. The third-order valence-electron chi connectivity index (χ3n) is 1.33. The molecule has 1 fully saturated rings. The number of rotatable bonds is 3. The van der Waals surface area contributed by atoms with Crippen molar-refractivity contribution < 1.29 is 4.74 Å². The van der Waals surface area contributed by atoms with Crippen LogP contribution in [0.2, 0.25) is 0 Å². The van der Waals surface area contributed by atoms with Crippen molar-refractivity contribution in [1.29, 1.82) is 0 Å². The summed E-state index contributed by atoms with van der Waals surface area (Å²) in [6.07, 6.45) is 0. The number of hydrazine groups is 1. The highest BCUT2D eigenvalue weighted by molar-refractivity contribution is 4.87. The van der Waals surface area contributed by atoms with Crippen molar-refractivity contribution in [3.63, 3.8) is 0 Å². The summed E-state index contributed by atoms with van der Waals surface area (Å²) >= 11 is 0. The first-order chi connectivity index (χ1) is 4.27. The minimum Gasteiger partial charge on any atom is -0.377 e. The van der Waals surface area contributed by atoms with E-state index in [9.17, 15) is 0 Å². The van der Waals surface area contributed by atoms with E-state index in [0.29, 0.717) is 6.67 Å². The number of hydrogen-bond donors (Lipinski definition) is 3. The molecule has 1 saturated heterocycles. The Morgan fingerprint density at radius 2 is 2.33 bits per heavy atom. The molecule has 0 radical (unpaired) electrons. The molecule has 0 saturated carbocycles. The van der Waals surface area contributed by atoms with Crippen LogP contribution in [0.5, 0.6) is 0 Å². The quantitative estimate of drug-likeness (QED) is 0.332. The van der Waals surface area contributed by atoms with Crippen molar-refractivity contribution in [2.75, 3.05) is 19.9 Å². The molecule has 4 N–H and O–H groups in total. The van der Waals surface area contributed by atoms with Gasteiger partial charge in [0.05, 0.1) is 25.4 Å². The molecule has 1 aliphatic heterocycles. The molecule has 4 nitrogen and oxygen atoms in total. The first-order valence-electron chi connectivity index (χ1n) is 3.05. The summed E-state index contributed by atoms with van der Waals surface area (Å²) in [5.41, 5.74) is 11.2. The summed E-state index contributed by atoms with van der Waals surface area (Å²) < 4.78 is 4.99. The zero-order valence-electron chi connectivity index (χ0n) is 5.61. The fourth-order valence-corrected chi connectivity index (χ4v) is 0.745. The van der Waals surface area contributed by atoms with Crippen LogP contribution in [0.25, 0.3) is 0 Å². The minimum absolute atomic E-state index is 0.110.